The normalized spacial score (nSPS) is 24.4. The van der Waals surface area contributed by atoms with E-state index in [0.29, 0.717) is 12.0 Å². The third kappa shape index (κ3) is 3.08. The van der Waals surface area contributed by atoms with Gasteiger partial charge in [-0.05, 0) is 18.9 Å². The zero-order valence-corrected chi connectivity index (χ0v) is 14.1. The van der Waals surface area contributed by atoms with Gasteiger partial charge in [0.05, 0.1) is 13.2 Å². The van der Waals surface area contributed by atoms with Crippen molar-refractivity contribution in [2.45, 2.75) is 25.3 Å². The first-order valence-electron chi connectivity index (χ1n) is 8.77. The number of hydrogen-bond donors (Lipinski definition) is 0. The predicted octanol–water partition coefficient (Wildman–Crippen LogP) is 2.70. The minimum absolute atomic E-state index is 0.489. The van der Waals surface area contributed by atoms with Gasteiger partial charge < -0.3 is 14.5 Å². The average molecular weight is 324 g/mol. The van der Waals surface area contributed by atoms with Crippen LogP contribution in [0.5, 0.6) is 0 Å². The predicted molar refractivity (Wildman–Crippen MR) is 95.7 cm³/mol. The quantitative estimate of drug-likeness (QED) is 0.868. The molecule has 2 fully saturated rings. The van der Waals surface area contributed by atoms with Crippen LogP contribution in [0.2, 0.25) is 0 Å². The zero-order chi connectivity index (χ0) is 16.4. The van der Waals surface area contributed by atoms with Crippen molar-refractivity contribution in [3.05, 3.63) is 48.3 Å². The molecular formula is C19H24N4O. The Labute approximate surface area is 143 Å². The first-order valence-corrected chi connectivity index (χ1v) is 8.77. The molecule has 0 unspecified atom stereocenters. The minimum Gasteiger partial charge on any atom is -0.378 e. The summed E-state index contributed by atoms with van der Waals surface area (Å²) < 4.78 is 5.44. The molecule has 1 aromatic heterocycles. The molecule has 2 saturated heterocycles. The van der Waals surface area contributed by atoms with E-state index in [1.165, 1.54) is 12.0 Å². The number of benzene rings is 1. The molecule has 3 heterocycles. The number of hydrogen-bond acceptors (Lipinski definition) is 5. The van der Waals surface area contributed by atoms with Gasteiger partial charge >= 0.3 is 0 Å². The van der Waals surface area contributed by atoms with Gasteiger partial charge in [0.1, 0.15) is 18.0 Å². The molecule has 2 aliphatic heterocycles. The molecule has 24 heavy (non-hydrogen) atoms. The maximum Gasteiger partial charge on any atom is 0.134 e. The van der Waals surface area contributed by atoms with E-state index in [1.807, 2.05) is 0 Å². The van der Waals surface area contributed by atoms with Gasteiger partial charge in [-0.1, -0.05) is 30.3 Å². The Hall–Kier alpha value is -2.14. The molecule has 2 aliphatic rings. The second kappa shape index (κ2) is 6.77. The van der Waals surface area contributed by atoms with E-state index >= 15 is 0 Å². The van der Waals surface area contributed by atoms with Crippen LogP contribution in [0.15, 0.2) is 42.7 Å². The van der Waals surface area contributed by atoms with E-state index in [4.69, 9.17) is 4.74 Å². The number of nitrogens with zero attached hydrogens (tertiary/aromatic N) is 4. The Morgan fingerprint density at radius 1 is 1.04 bits per heavy atom. The zero-order valence-electron chi connectivity index (χ0n) is 14.1. The van der Waals surface area contributed by atoms with Crippen LogP contribution in [-0.2, 0) is 4.74 Å². The van der Waals surface area contributed by atoms with E-state index < -0.39 is 0 Å². The van der Waals surface area contributed by atoms with Crippen LogP contribution in [0, 0.1) is 0 Å². The summed E-state index contributed by atoms with van der Waals surface area (Å²) in [5, 5.41) is 0. The molecule has 0 bridgehead atoms. The van der Waals surface area contributed by atoms with Crippen LogP contribution in [0.25, 0.3) is 0 Å². The molecule has 1 aromatic carbocycles. The molecule has 126 valence electrons. The number of aromatic nitrogens is 2. The fourth-order valence-corrected chi connectivity index (χ4v) is 3.78. The molecular weight excluding hydrogens is 300 g/mol. The number of morpholine rings is 1. The lowest BCUT2D eigenvalue weighted by Crippen LogP contribution is -2.37. The molecule has 0 amide bonds. The summed E-state index contributed by atoms with van der Waals surface area (Å²) in [6, 6.07) is 13.4. The highest BCUT2D eigenvalue weighted by Gasteiger charge is 2.31. The SMILES string of the molecule is C[C@@H]1C[C@@H](c2ccccc2)CN1c1cc(N2CCOCC2)ncn1. The van der Waals surface area contributed by atoms with Gasteiger partial charge in [0.15, 0.2) is 0 Å². The number of ether oxygens (including phenoxy) is 1. The van der Waals surface area contributed by atoms with E-state index in [2.05, 4.69) is 63.1 Å². The highest BCUT2D eigenvalue weighted by Crippen LogP contribution is 2.34. The third-order valence-electron chi connectivity index (χ3n) is 5.11. The largest absolute Gasteiger partial charge is 0.378 e. The molecule has 2 atom stereocenters. The molecule has 0 radical (unpaired) electrons. The summed E-state index contributed by atoms with van der Waals surface area (Å²) in [6.07, 6.45) is 2.86. The standard InChI is InChI=1S/C19H24N4O/c1-15-11-17(16-5-3-2-4-6-16)13-23(15)19-12-18(20-14-21-19)22-7-9-24-10-8-22/h2-6,12,14-15,17H,7-11,13H2,1H3/t15-,17-/m1/s1. The van der Waals surface area contributed by atoms with Crippen LogP contribution < -0.4 is 9.80 Å². The van der Waals surface area contributed by atoms with E-state index in [1.54, 1.807) is 6.33 Å². The van der Waals surface area contributed by atoms with Crippen molar-refractivity contribution in [3.8, 4) is 0 Å². The lowest BCUT2D eigenvalue weighted by molar-refractivity contribution is 0.122. The van der Waals surface area contributed by atoms with Crippen LogP contribution in [0.1, 0.15) is 24.8 Å². The lowest BCUT2D eigenvalue weighted by Gasteiger charge is -2.29. The minimum atomic E-state index is 0.489. The first-order chi connectivity index (χ1) is 11.8. The summed E-state index contributed by atoms with van der Waals surface area (Å²) in [5.41, 5.74) is 1.43. The average Bonchev–Trinajstić information content (AvgIpc) is 3.05. The monoisotopic (exact) mass is 324 g/mol. The first kappa shape index (κ1) is 15.4. The maximum atomic E-state index is 5.44. The Morgan fingerprint density at radius 2 is 1.79 bits per heavy atom. The van der Waals surface area contributed by atoms with Crippen molar-refractivity contribution >= 4 is 11.6 Å². The summed E-state index contributed by atoms with van der Waals surface area (Å²) >= 11 is 0. The van der Waals surface area contributed by atoms with Crippen molar-refractivity contribution in [1.82, 2.24) is 9.97 Å². The topological polar surface area (TPSA) is 41.5 Å². The summed E-state index contributed by atoms with van der Waals surface area (Å²) in [7, 11) is 0. The van der Waals surface area contributed by atoms with E-state index in [0.717, 1.165) is 44.5 Å². The van der Waals surface area contributed by atoms with Gasteiger partial charge in [0.2, 0.25) is 0 Å². The fourth-order valence-electron chi connectivity index (χ4n) is 3.78. The Morgan fingerprint density at radius 3 is 2.58 bits per heavy atom. The molecule has 0 aliphatic carbocycles. The van der Waals surface area contributed by atoms with Gasteiger partial charge in [-0.3, -0.25) is 0 Å². The van der Waals surface area contributed by atoms with Crippen molar-refractivity contribution in [3.63, 3.8) is 0 Å². The second-order valence-electron chi connectivity index (χ2n) is 6.68. The molecule has 4 rings (SSSR count). The van der Waals surface area contributed by atoms with Crippen LogP contribution >= 0.6 is 0 Å². The van der Waals surface area contributed by atoms with Crippen LogP contribution in [0.3, 0.4) is 0 Å². The van der Waals surface area contributed by atoms with Crippen LogP contribution in [0.4, 0.5) is 11.6 Å². The Balaban J connectivity index is 1.53. The maximum absolute atomic E-state index is 5.44. The highest BCUT2D eigenvalue weighted by atomic mass is 16.5. The molecule has 2 aromatic rings. The van der Waals surface area contributed by atoms with Crippen LogP contribution in [-0.4, -0.2) is 48.9 Å². The fraction of sp³-hybridized carbons (Fsp3) is 0.474. The second-order valence-corrected chi connectivity index (χ2v) is 6.68. The summed E-state index contributed by atoms with van der Waals surface area (Å²) in [4.78, 5) is 13.7. The lowest BCUT2D eigenvalue weighted by atomic mass is 9.97. The smallest absolute Gasteiger partial charge is 0.134 e. The van der Waals surface area contributed by atoms with Gasteiger partial charge in [-0.2, -0.15) is 0 Å². The number of anilines is 2. The van der Waals surface area contributed by atoms with Crippen molar-refractivity contribution in [1.29, 1.82) is 0 Å². The van der Waals surface area contributed by atoms with Gasteiger partial charge in [0, 0.05) is 37.7 Å². The van der Waals surface area contributed by atoms with Gasteiger partial charge in [0.25, 0.3) is 0 Å². The van der Waals surface area contributed by atoms with Crippen molar-refractivity contribution in [2.75, 3.05) is 42.6 Å². The Bertz CT molecular complexity index is 672. The van der Waals surface area contributed by atoms with E-state index in [9.17, 15) is 0 Å². The Kier molecular flexibility index (Phi) is 4.34. The molecule has 0 N–H and O–H groups in total. The molecule has 5 nitrogen and oxygen atoms in total. The van der Waals surface area contributed by atoms with E-state index in [-0.39, 0.29) is 0 Å². The number of rotatable bonds is 3. The van der Waals surface area contributed by atoms with Gasteiger partial charge in [-0.25, -0.2) is 9.97 Å². The highest BCUT2D eigenvalue weighted by molar-refractivity contribution is 5.52. The third-order valence-corrected chi connectivity index (χ3v) is 5.11. The van der Waals surface area contributed by atoms with Crippen molar-refractivity contribution in [2.24, 2.45) is 0 Å². The summed E-state index contributed by atoms with van der Waals surface area (Å²) in [6.45, 7) is 6.66. The molecule has 0 saturated carbocycles. The molecule has 5 heteroatoms. The van der Waals surface area contributed by atoms with Gasteiger partial charge in [-0.15, -0.1) is 0 Å². The van der Waals surface area contributed by atoms with Crippen molar-refractivity contribution < 1.29 is 4.74 Å². The summed E-state index contributed by atoms with van der Waals surface area (Å²) in [5.74, 6) is 2.62. The molecule has 0 spiro atoms.